The summed E-state index contributed by atoms with van der Waals surface area (Å²) < 4.78 is 14.0. The Morgan fingerprint density at radius 1 is 1.60 bits per heavy atom. The molecule has 1 aromatic rings. The van der Waals surface area contributed by atoms with Crippen LogP contribution in [0.15, 0.2) is 10.5 Å². The predicted molar refractivity (Wildman–Crippen MR) is 59.1 cm³/mol. The van der Waals surface area contributed by atoms with Gasteiger partial charge < -0.3 is 15.9 Å². The maximum atomic E-state index is 13.6. The molecule has 1 atom stereocenters. The van der Waals surface area contributed by atoms with Crippen LogP contribution in [0.1, 0.15) is 23.7 Å². The number of aliphatic hydroxyl groups excluding tert-OH is 1. The minimum atomic E-state index is -1.08. The first-order valence-electron chi connectivity index (χ1n) is 4.54. The van der Waals surface area contributed by atoms with Gasteiger partial charge in [0, 0.05) is 0 Å². The third kappa shape index (κ3) is 2.48. The van der Waals surface area contributed by atoms with Gasteiger partial charge in [-0.15, -0.1) is 0 Å². The van der Waals surface area contributed by atoms with Crippen LogP contribution in [0, 0.1) is 12.7 Å². The summed E-state index contributed by atoms with van der Waals surface area (Å²) >= 11 is 3.09. The molecular formula is C10H13BrFNO2. The molecule has 0 saturated heterocycles. The van der Waals surface area contributed by atoms with Crippen LogP contribution in [0.5, 0.6) is 5.75 Å². The van der Waals surface area contributed by atoms with E-state index in [-0.39, 0.29) is 24.3 Å². The Balaban J connectivity index is 3.26. The number of rotatable bonds is 3. The fourth-order valence-electron chi connectivity index (χ4n) is 1.37. The Morgan fingerprint density at radius 3 is 2.73 bits per heavy atom. The maximum absolute atomic E-state index is 13.6. The van der Waals surface area contributed by atoms with Gasteiger partial charge in [0.25, 0.3) is 0 Å². The van der Waals surface area contributed by atoms with E-state index in [1.807, 2.05) is 0 Å². The van der Waals surface area contributed by atoms with Gasteiger partial charge in [0.2, 0.25) is 0 Å². The molecule has 0 aliphatic heterocycles. The molecule has 84 valence electrons. The van der Waals surface area contributed by atoms with E-state index in [4.69, 9.17) is 5.73 Å². The number of halogens is 2. The number of nitrogens with two attached hydrogens (primary N) is 1. The summed E-state index contributed by atoms with van der Waals surface area (Å²) in [5.41, 5.74) is 5.54. The quantitative estimate of drug-likeness (QED) is 0.792. The van der Waals surface area contributed by atoms with Crippen molar-refractivity contribution < 1.29 is 14.6 Å². The lowest BCUT2D eigenvalue weighted by Crippen LogP contribution is -2.09. The van der Waals surface area contributed by atoms with Crippen molar-refractivity contribution in [3.05, 3.63) is 27.5 Å². The van der Waals surface area contributed by atoms with Crippen LogP contribution in [0.25, 0.3) is 0 Å². The molecule has 0 spiro atoms. The SMILES string of the molecule is Cc1cc(Br)c(O)c(C(O)CCN)c1F. The molecule has 0 amide bonds. The summed E-state index contributed by atoms with van der Waals surface area (Å²) in [5.74, 6) is -0.851. The van der Waals surface area contributed by atoms with Crippen LogP contribution in [0.3, 0.4) is 0 Å². The maximum Gasteiger partial charge on any atom is 0.138 e. The van der Waals surface area contributed by atoms with E-state index in [1.165, 1.54) is 6.07 Å². The van der Waals surface area contributed by atoms with E-state index >= 15 is 0 Å². The summed E-state index contributed by atoms with van der Waals surface area (Å²) in [5, 5.41) is 19.2. The molecule has 1 aromatic carbocycles. The minimum Gasteiger partial charge on any atom is -0.506 e. The molecule has 5 heteroatoms. The third-order valence-electron chi connectivity index (χ3n) is 2.18. The van der Waals surface area contributed by atoms with Crippen molar-refractivity contribution >= 4 is 15.9 Å². The summed E-state index contributed by atoms with van der Waals surface area (Å²) in [6.45, 7) is 1.80. The zero-order valence-corrected chi connectivity index (χ0v) is 9.88. The Labute approximate surface area is 95.9 Å². The average Bonchev–Trinajstić information content (AvgIpc) is 2.16. The standard InChI is InChI=1S/C10H13BrFNO2/c1-5-4-6(11)10(15)8(9(5)12)7(14)2-3-13/h4,7,14-15H,2-3,13H2,1H3. The molecule has 1 rings (SSSR count). The van der Waals surface area contributed by atoms with Crippen LogP contribution < -0.4 is 5.73 Å². The molecule has 0 radical (unpaired) electrons. The van der Waals surface area contributed by atoms with Crippen molar-refractivity contribution in [2.75, 3.05) is 6.54 Å². The number of hydrogen-bond acceptors (Lipinski definition) is 3. The minimum absolute atomic E-state index is 0.0904. The number of aliphatic hydroxyl groups is 1. The lowest BCUT2D eigenvalue weighted by Gasteiger charge is -2.15. The van der Waals surface area contributed by atoms with Crippen LogP contribution in [0.4, 0.5) is 4.39 Å². The highest BCUT2D eigenvalue weighted by Gasteiger charge is 2.20. The van der Waals surface area contributed by atoms with Crippen molar-refractivity contribution in [1.29, 1.82) is 0 Å². The average molecular weight is 278 g/mol. The highest BCUT2D eigenvalue weighted by atomic mass is 79.9. The van der Waals surface area contributed by atoms with E-state index in [0.717, 1.165) is 0 Å². The monoisotopic (exact) mass is 277 g/mol. The van der Waals surface area contributed by atoms with Gasteiger partial charge in [-0.25, -0.2) is 4.39 Å². The number of aryl methyl sites for hydroxylation is 1. The van der Waals surface area contributed by atoms with Crippen LogP contribution in [-0.4, -0.2) is 16.8 Å². The van der Waals surface area contributed by atoms with Gasteiger partial charge in [-0.1, -0.05) is 0 Å². The molecule has 0 aromatic heterocycles. The molecule has 0 bridgehead atoms. The van der Waals surface area contributed by atoms with E-state index in [2.05, 4.69) is 15.9 Å². The van der Waals surface area contributed by atoms with Gasteiger partial charge >= 0.3 is 0 Å². The summed E-state index contributed by atoms with van der Waals surface area (Å²) in [6.07, 6.45) is -0.869. The zero-order valence-electron chi connectivity index (χ0n) is 8.30. The molecule has 1 unspecified atom stereocenters. The van der Waals surface area contributed by atoms with Gasteiger partial charge in [-0.3, -0.25) is 0 Å². The smallest absolute Gasteiger partial charge is 0.138 e. The molecule has 0 saturated carbocycles. The highest BCUT2D eigenvalue weighted by molar-refractivity contribution is 9.10. The number of aromatic hydroxyl groups is 1. The zero-order chi connectivity index (χ0) is 11.6. The van der Waals surface area contributed by atoms with Crippen molar-refractivity contribution in [3.8, 4) is 5.75 Å². The fraction of sp³-hybridized carbons (Fsp3) is 0.400. The molecule has 4 N–H and O–H groups in total. The fourth-order valence-corrected chi connectivity index (χ4v) is 1.93. The summed E-state index contributed by atoms with van der Waals surface area (Å²) in [4.78, 5) is 0. The predicted octanol–water partition coefficient (Wildman–Crippen LogP) is 1.98. The van der Waals surface area contributed by atoms with Gasteiger partial charge in [0.05, 0.1) is 16.1 Å². The molecule has 3 nitrogen and oxygen atoms in total. The first kappa shape index (κ1) is 12.4. The van der Waals surface area contributed by atoms with E-state index in [1.54, 1.807) is 6.92 Å². The van der Waals surface area contributed by atoms with E-state index < -0.39 is 11.9 Å². The largest absolute Gasteiger partial charge is 0.506 e. The van der Waals surface area contributed by atoms with E-state index in [0.29, 0.717) is 10.0 Å². The Morgan fingerprint density at radius 2 is 2.20 bits per heavy atom. The van der Waals surface area contributed by atoms with Gasteiger partial charge in [-0.05, 0) is 47.4 Å². The Kier molecular flexibility index (Phi) is 4.07. The highest BCUT2D eigenvalue weighted by Crippen LogP contribution is 2.36. The Hall–Kier alpha value is -0.650. The van der Waals surface area contributed by atoms with Crippen molar-refractivity contribution in [3.63, 3.8) is 0 Å². The summed E-state index contributed by atoms with van der Waals surface area (Å²) in [7, 11) is 0. The number of phenolic OH excluding ortho intramolecular Hbond substituents is 1. The van der Waals surface area contributed by atoms with Gasteiger partial charge in [-0.2, -0.15) is 0 Å². The second kappa shape index (κ2) is 4.92. The second-order valence-corrected chi connectivity index (χ2v) is 4.20. The Bertz CT molecular complexity index is 345. The number of phenols is 1. The molecule has 0 aliphatic rings. The molecular weight excluding hydrogens is 265 g/mol. The van der Waals surface area contributed by atoms with Crippen molar-refractivity contribution in [2.45, 2.75) is 19.4 Å². The first-order valence-corrected chi connectivity index (χ1v) is 5.34. The van der Waals surface area contributed by atoms with Crippen LogP contribution in [-0.2, 0) is 0 Å². The molecule has 0 aliphatic carbocycles. The summed E-state index contributed by atoms with van der Waals surface area (Å²) in [6, 6.07) is 1.46. The second-order valence-electron chi connectivity index (χ2n) is 3.34. The number of benzene rings is 1. The van der Waals surface area contributed by atoms with Crippen molar-refractivity contribution in [2.24, 2.45) is 5.73 Å². The third-order valence-corrected chi connectivity index (χ3v) is 2.79. The van der Waals surface area contributed by atoms with Crippen molar-refractivity contribution in [1.82, 2.24) is 0 Å². The van der Waals surface area contributed by atoms with Crippen LogP contribution in [0.2, 0.25) is 0 Å². The van der Waals surface area contributed by atoms with E-state index in [9.17, 15) is 14.6 Å². The van der Waals surface area contributed by atoms with Crippen LogP contribution >= 0.6 is 15.9 Å². The lowest BCUT2D eigenvalue weighted by molar-refractivity contribution is 0.161. The first-order chi connectivity index (χ1) is 6.99. The number of hydrogen-bond donors (Lipinski definition) is 3. The van der Waals surface area contributed by atoms with Gasteiger partial charge in [0.15, 0.2) is 0 Å². The topological polar surface area (TPSA) is 66.5 Å². The lowest BCUT2D eigenvalue weighted by atomic mass is 10.0. The molecule has 0 fully saturated rings. The molecule has 15 heavy (non-hydrogen) atoms. The molecule has 0 heterocycles. The van der Waals surface area contributed by atoms with Gasteiger partial charge in [0.1, 0.15) is 11.6 Å². The normalized spacial score (nSPS) is 12.9.